The van der Waals surface area contributed by atoms with Gasteiger partial charge >= 0.3 is 12.0 Å². The molecular formula is C14H15N3O3S. The molecule has 0 fully saturated rings. The molecule has 0 aliphatic heterocycles. The number of aromatic nitrogens is 1. The number of thiophene rings is 1. The van der Waals surface area contributed by atoms with Crippen molar-refractivity contribution in [3.8, 4) is 0 Å². The molecule has 2 aromatic heterocycles. The monoisotopic (exact) mass is 305 g/mol. The number of pyridine rings is 1. The maximum Gasteiger partial charge on any atom is 0.354 e. The Morgan fingerprint density at radius 1 is 1.38 bits per heavy atom. The van der Waals surface area contributed by atoms with Crippen LogP contribution in [-0.2, 0) is 6.42 Å². The molecule has 0 aliphatic rings. The molecule has 1 atom stereocenters. The fourth-order valence-corrected chi connectivity index (χ4v) is 2.60. The summed E-state index contributed by atoms with van der Waals surface area (Å²) in [6.45, 7) is 1.92. The molecule has 2 rings (SSSR count). The van der Waals surface area contributed by atoms with E-state index in [0.29, 0.717) is 5.69 Å². The standard InChI is InChI=1S/C14H15N3O3S/c1-9(7-11-3-2-6-21-11)16-14(20)17-10-4-5-12(13(18)19)15-8-10/h2-6,8-9H,7H2,1H3,(H,18,19)(H2,16,17,20). The molecule has 2 amide bonds. The second kappa shape index (κ2) is 6.85. The van der Waals surface area contributed by atoms with E-state index in [2.05, 4.69) is 15.6 Å². The van der Waals surface area contributed by atoms with Gasteiger partial charge in [0, 0.05) is 17.3 Å². The van der Waals surface area contributed by atoms with Crippen LogP contribution in [0.25, 0.3) is 0 Å². The van der Waals surface area contributed by atoms with Gasteiger partial charge in [0.05, 0.1) is 11.9 Å². The van der Waals surface area contributed by atoms with E-state index in [1.807, 2.05) is 24.4 Å². The summed E-state index contributed by atoms with van der Waals surface area (Å²) in [4.78, 5) is 27.4. The molecule has 7 heteroatoms. The molecule has 0 aromatic carbocycles. The van der Waals surface area contributed by atoms with Gasteiger partial charge in [-0.05, 0) is 30.5 Å². The Morgan fingerprint density at radius 3 is 2.76 bits per heavy atom. The molecule has 0 radical (unpaired) electrons. The van der Waals surface area contributed by atoms with Crippen molar-refractivity contribution in [3.63, 3.8) is 0 Å². The van der Waals surface area contributed by atoms with E-state index >= 15 is 0 Å². The van der Waals surface area contributed by atoms with E-state index in [0.717, 1.165) is 6.42 Å². The minimum atomic E-state index is -1.10. The highest BCUT2D eigenvalue weighted by Crippen LogP contribution is 2.11. The zero-order valence-corrected chi connectivity index (χ0v) is 12.2. The van der Waals surface area contributed by atoms with Crippen LogP contribution in [0.5, 0.6) is 0 Å². The Bertz CT molecular complexity index is 611. The Morgan fingerprint density at radius 2 is 2.19 bits per heavy atom. The molecule has 0 saturated carbocycles. The van der Waals surface area contributed by atoms with Crippen LogP contribution in [0.2, 0.25) is 0 Å². The van der Waals surface area contributed by atoms with Gasteiger partial charge in [-0.1, -0.05) is 6.07 Å². The molecule has 0 saturated heterocycles. The Kier molecular flexibility index (Phi) is 4.89. The SMILES string of the molecule is CC(Cc1cccs1)NC(=O)Nc1ccc(C(=O)O)nc1. The molecule has 0 spiro atoms. The number of rotatable bonds is 5. The van der Waals surface area contributed by atoms with Crippen LogP contribution in [0.3, 0.4) is 0 Å². The Hall–Kier alpha value is -2.41. The predicted molar refractivity (Wildman–Crippen MR) is 80.8 cm³/mol. The molecular weight excluding hydrogens is 290 g/mol. The zero-order chi connectivity index (χ0) is 15.2. The van der Waals surface area contributed by atoms with Gasteiger partial charge < -0.3 is 15.7 Å². The lowest BCUT2D eigenvalue weighted by atomic mass is 10.2. The minimum absolute atomic E-state index is 0.00472. The van der Waals surface area contributed by atoms with Crippen LogP contribution in [0.15, 0.2) is 35.8 Å². The number of carboxylic acid groups (broad SMARTS) is 1. The first-order valence-electron chi connectivity index (χ1n) is 6.34. The summed E-state index contributed by atoms with van der Waals surface area (Å²) < 4.78 is 0. The largest absolute Gasteiger partial charge is 0.477 e. The van der Waals surface area contributed by atoms with E-state index in [1.54, 1.807) is 11.3 Å². The second-order valence-corrected chi connectivity index (χ2v) is 5.55. The normalized spacial score (nSPS) is 11.7. The van der Waals surface area contributed by atoms with Gasteiger partial charge in [0.15, 0.2) is 0 Å². The maximum atomic E-state index is 11.8. The zero-order valence-electron chi connectivity index (χ0n) is 11.4. The summed E-state index contributed by atoms with van der Waals surface area (Å²) in [7, 11) is 0. The molecule has 1 unspecified atom stereocenters. The number of amides is 2. The van der Waals surface area contributed by atoms with Crippen molar-refractivity contribution in [2.75, 3.05) is 5.32 Å². The summed E-state index contributed by atoms with van der Waals surface area (Å²) in [6, 6.07) is 6.49. The lowest BCUT2D eigenvalue weighted by molar-refractivity contribution is 0.0690. The van der Waals surface area contributed by atoms with Crippen LogP contribution in [0, 0.1) is 0 Å². The van der Waals surface area contributed by atoms with Gasteiger partial charge in [0.25, 0.3) is 0 Å². The average Bonchev–Trinajstić information content (AvgIpc) is 2.91. The highest BCUT2D eigenvalue weighted by atomic mass is 32.1. The Balaban J connectivity index is 1.84. The van der Waals surface area contributed by atoms with E-state index in [9.17, 15) is 9.59 Å². The van der Waals surface area contributed by atoms with Crippen molar-refractivity contribution in [1.82, 2.24) is 10.3 Å². The van der Waals surface area contributed by atoms with E-state index in [4.69, 9.17) is 5.11 Å². The number of nitrogens with zero attached hydrogens (tertiary/aromatic N) is 1. The van der Waals surface area contributed by atoms with Gasteiger partial charge in [-0.25, -0.2) is 14.6 Å². The summed E-state index contributed by atoms with van der Waals surface area (Å²) in [6.07, 6.45) is 2.08. The number of carboxylic acids is 1. The third-order valence-corrected chi connectivity index (χ3v) is 3.60. The predicted octanol–water partition coefficient (Wildman–Crippen LogP) is 2.59. The van der Waals surface area contributed by atoms with Gasteiger partial charge in [0.1, 0.15) is 5.69 Å². The molecule has 2 aromatic rings. The van der Waals surface area contributed by atoms with E-state index in [1.165, 1.54) is 23.2 Å². The lowest BCUT2D eigenvalue weighted by Crippen LogP contribution is -2.37. The summed E-state index contributed by atoms with van der Waals surface area (Å²) in [5.74, 6) is -1.10. The first-order valence-corrected chi connectivity index (χ1v) is 7.22. The molecule has 3 N–H and O–H groups in total. The highest BCUT2D eigenvalue weighted by Gasteiger charge is 2.10. The number of hydrogen-bond donors (Lipinski definition) is 3. The summed E-state index contributed by atoms with van der Waals surface area (Å²) in [5, 5.41) is 16.2. The van der Waals surface area contributed by atoms with Crippen LogP contribution >= 0.6 is 11.3 Å². The number of hydrogen-bond acceptors (Lipinski definition) is 4. The summed E-state index contributed by atoms with van der Waals surface area (Å²) in [5.41, 5.74) is 0.382. The van der Waals surface area contributed by atoms with Gasteiger partial charge in [-0.15, -0.1) is 11.3 Å². The topological polar surface area (TPSA) is 91.3 Å². The number of carbonyl (C=O) groups excluding carboxylic acids is 1. The van der Waals surface area contributed by atoms with Gasteiger partial charge in [-0.2, -0.15) is 0 Å². The smallest absolute Gasteiger partial charge is 0.354 e. The maximum absolute atomic E-state index is 11.8. The average molecular weight is 305 g/mol. The van der Waals surface area contributed by atoms with Crippen molar-refractivity contribution < 1.29 is 14.7 Å². The van der Waals surface area contributed by atoms with Crippen LogP contribution in [-0.4, -0.2) is 28.1 Å². The Labute approximate surface area is 125 Å². The number of nitrogens with one attached hydrogen (secondary N) is 2. The highest BCUT2D eigenvalue weighted by molar-refractivity contribution is 7.09. The number of anilines is 1. The number of carbonyl (C=O) groups is 2. The van der Waals surface area contributed by atoms with Crippen molar-refractivity contribution in [3.05, 3.63) is 46.4 Å². The van der Waals surface area contributed by atoms with Crippen LogP contribution in [0.1, 0.15) is 22.3 Å². The molecule has 21 heavy (non-hydrogen) atoms. The molecule has 0 bridgehead atoms. The summed E-state index contributed by atoms with van der Waals surface area (Å²) >= 11 is 1.65. The molecule has 110 valence electrons. The quantitative estimate of drug-likeness (QED) is 0.792. The minimum Gasteiger partial charge on any atom is -0.477 e. The third kappa shape index (κ3) is 4.57. The van der Waals surface area contributed by atoms with Crippen molar-refractivity contribution in [2.24, 2.45) is 0 Å². The van der Waals surface area contributed by atoms with E-state index < -0.39 is 5.97 Å². The molecule has 0 aliphatic carbocycles. The van der Waals surface area contributed by atoms with Crippen molar-refractivity contribution in [2.45, 2.75) is 19.4 Å². The van der Waals surface area contributed by atoms with Crippen LogP contribution < -0.4 is 10.6 Å². The first-order chi connectivity index (χ1) is 10.0. The number of aromatic carboxylic acids is 1. The van der Waals surface area contributed by atoms with E-state index in [-0.39, 0.29) is 17.8 Å². The fraction of sp³-hybridized carbons (Fsp3) is 0.214. The lowest BCUT2D eigenvalue weighted by Gasteiger charge is -2.13. The molecule has 6 nitrogen and oxygen atoms in total. The third-order valence-electron chi connectivity index (χ3n) is 2.71. The molecule has 2 heterocycles. The van der Waals surface area contributed by atoms with Gasteiger partial charge in [0.2, 0.25) is 0 Å². The van der Waals surface area contributed by atoms with Crippen LogP contribution in [0.4, 0.5) is 10.5 Å². The van der Waals surface area contributed by atoms with Crippen molar-refractivity contribution >= 4 is 29.0 Å². The first kappa shape index (κ1) is 15.0. The van der Waals surface area contributed by atoms with Gasteiger partial charge in [-0.3, -0.25) is 0 Å². The fourth-order valence-electron chi connectivity index (χ4n) is 1.77. The number of urea groups is 1. The van der Waals surface area contributed by atoms with Crippen molar-refractivity contribution in [1.29, 1.82) is 0 Å². The second-order valence-electron chi connectivity index (χ2n) is 4.52.